The Hall–Kier alpha value is -1.79. The average molecular weight is 331 g/mol. The molecule has 22 heavy (non-hydrogen) atoms. The van der Waals surface area contributed by atoms with Gasteiger partial charge in [-0.25, -0.2) is 9.97 Å². The molecule has 2 heterocycles. The first kappa shape index (κ1) is 15.1. The van der Waals surface area contributed by atoms with E-state index in [-0.39, 0.29) is 5.91 Å². The van der Waals surface area contributed by atoms with Gasteiger partial charge < -0.3 is 5.32 Å². The van der Waals surface area contributed by atoms with Crippen LogP contribution < -0.4 is 5.32 Å². The lowest BCUT2D eigenvalue weighted by atomic mass is 10.2. The summed E-state index contributed by atoms with van der Waals surface area (Å²) >= 11 is 3.23. The number of nitrogens with zero attached hydrogens (tertiary/aromatic N) is 2. The van der Waals surface area contributed by atoms with Crippen molar-refractivity contribution >= 4 is 43.9 Å². The van der Waals surface area contributed by atoms with Crippen LogP contribution in [0.3, 0.4) is 0 Å². The zero-order chi connectivity index (χ0) is 15.5. The second-order valence-corrected chi connectivity index (χ2v) is 7.46. The van der Waals surface area contributed by atoms with E-state index in [2.05, 4.69) is 21.4 Å². The molecular weight excluding hydrogens is 314 g/mol. The molecule has 1 N–H and O–H groups in total. The Bertz CT molecular complexity index is 754. The standard InChI is InChI=1S/C16H17N3OS2/c1-10-11(2)21-16(17-10)19-14(20)8-5-9-15-18-12-6-3-4-7-13(12)22-15/h3-4,6-7H,5,8-9H2,1-2H3,(H,17,19,20). The van der Waals surface area contributed by atoms with Crippen LogP contribution in [0.2, 0.25) is 0 Å². The fourth-order valence-electron chi connectivity index (χ4n) is 2.13. The lowest BCUT2D eigenvalue weighted by Crippen LogP contribution is -2.11. The van der Waals surface area contributed by atoms with E-state index in [0.717, 1.165) is 33.9 Å². The molecule has 0 aliphatic rings. The second-order valence-electron chi connectivity index (χ2n) is 5.14. The Kier molecular flexibility index (Phi) is 4.49. The van der Waals surface area contributed by atoms with Crippen molar-refractivity contribution in [1.82, 2.24) is 9.97 Å². The van der Waals surface area contributed by atoms with Gasteiger partial charge in [0.15, 0.2) is 5.13 Å². The molecule has 0 unspecified atom stereocenters. The molecule has 0 radical (unpaired) electrons. The first-order valence-electron chi connectivity index (χ1n) is 7.20. The van der Waals surface area contributed by atoms with Gasteiger partial charge >= 0.3 is 0 Å². The molecule has 114 valence electrons. The number of hydrogen-bond donors (Lipinski definition) is 1. The molecule has 0 fully saturated rings. The van der Waals surface area contributed by atoms with Crippen molar-refractivity contribution in [2.75, 3.05) is 5.32 Å². The highest BCUT2D eigenvalue weighted by Crippen LogP contribution is 2.23. The summed E-state index contributed by atoms with van der Waals surface area (Å²) in [4.78, 5) is 22.0. The molecule has 0 spiro atoms. The van der Waals surface area contributed by atoms with Gasteiger partial charge in [0.2, 0.25) is 5.91 Å². The molecule has 3 rings (SSSR count). The van der Waals surface area contributed by atoms with Crippen LogP contribution >= 0.6 is 22.7 Å². The molecule has 0 aliphatic heterocycles. The summed E-state index contributed by atoms with van der Waals surface area (Å²) in [6, 6.07) is 8.12. The molecule has 4 nitrogen and oxygen atoms in total. The van der Waals surface area contributed by atoms with Gasteiger partial charge in [-0.05, 0) is 38.8 Å². The minimum absolute atomic E-state index is 0.0230. The molecule has 1 aromatic carbocycles. The van der Waals surface area contributed by atoms with E-state index in [1.165, 1.54) is 16.0 Å². The minimum atomic E-state index is 0.0230. The van der Waals surface area contributed by atoms with Gasteiger partial charge in [-0.2, -0.15) is 0 Å². The third-order valence-electron chi connectivity index (χ3n) is 3.41. The number of aryl methyl sites for hydroxylation is 3. The quantitative estimate of drug-likeness (QED) is 0.757. The third-order valence-corrected chi connectivity index (χ3v) is 5.49. The van der Waals surface area contributed by atoms with E-state index in [9.17, 15) is 4.79 Å². The molecule has 0 bridgehead atoms. The predicted molar refractivity (Wildman–Crippen MR) is 92.8 cm³/mol. The maximum absolute atomic E-state index is 11.9. The lowest BCUT2D eigenvalue weighted by Gasteiger charge is -2.00. The first-order valence-corrected chi connectivity index (χ1v) is 8.83. The van der Waals surface area contributed by atoms with E-state index in [0.29, 0.717) is 11.6 Å². The van der Waals surface area contributed by atoms with E-state index in [1.54, 1.807) is 11.3 Å². The Morgan fingerprint density at radius 3 is 2.73 bits per heavy atom. The van der Waals surface area contributed by atoms with Crippen LogP contribution in [-0.4, -0.2) is 15.9 Å². The van der Waals surface area contributed by atoms with Gasteiger partial charge in [0.05, 0.1) is 20.9 Å². The summed E-state index contributed by atoms with van der Waals surface area (Å²) < 4.78 is 1.20. The number of fused-ring (bicyclic) bond motifs is 1. The number of para-hydroxylation sites is 1. The zero-order valence-corrected chi connectivity index (χ0v) is 14.2. The monoisotopic (exact) mass is 331 g/mol. The van der Waals surface area contributed by atoms with Crippen molar-refractivity contribution in [1.29, 1.82) is 0 Å². The van der Waals surface area contributed by atoms with Gasteiger partial charge in [-0.15, -0.1) is 22.7 Å². The smallest absolute Gasteiger partial charge is 0.226 e. The highest BCUT2D eigenvalue weighted by atomic mass is 32.1. The number of carbonyl (C=O) groups excluding carboxylic acids is 1. The minimum Gasteiger partial charge on any atom is -0.302 e. The molecule has 0 saturated carbocycles. The number of anilines is 1. The molecule has 3 aromatic rings. The maximum atomic E-state index is 11.9. The molecule has 0 aliphatic carbocycles. The van der Waals surface area contributed by atoms with Gasteiger partial charge in [-0.3, -0.25) is 4.79 Å². The Balaban J connectivity index is 1.50. The van der Waals surface area contributed by atoms with Crippen molar-refractivity contribution < 1.29 is 4.79 Å². The fraction of sp³-hybridized carbons (Fsp3) is 0.312. The largest absolute Gasteiger partial charge is 0.302 e. The van der Waals surface area contributed by atoms with Crippen LogP contribution in [-0.2, 0) is 11.2 Å². The molecule has 2 aromatic heterocycles. The molecule has 0 saturated heterocycles. The SMILES string of the molecule is Cc1nc(NC(=O)CCCc2nc3ccccc3s2)sc1C. The van der Waals surface area contributed by atoms with E-state index < -0.39 is 0 Å². The highest BCUT2D eigenvalue weighted by Gasteiger charge is 2.09. The Labute approximate surface area is 137 Å². The van der Waals surface area contributed by atoms with Crippen molar-refractivity contribution in [2.45, 2.75) is 33.1 Å². The van der Waals surface area contributed by atoms with Crippen molar-refractivity contribution in [3.8, 4) is 0 Å². The summed E-state index contributed by atoms with van der Waals surface area (Å²) in [5, 5.41) is 4.65. The van der Waals surface area contributed by atoms with Gasteiger partial charge in [0.1, 0.15) is 0 Å². The van der Waals surface area contributed by atoms with E-state index in [4.69, 9.17) is 0 Å². The predicted octanol–water partition coefficient (Wildman–Crippen LogP) is 4.33. The number of rotatable bonds is 5. The maximum Gasteiger partial charge on any atom is 0.226 e. The second kappa shape index (κ2) is 6.54. The fourth-order valence-corrected chi connectivity index (χ4v) is 3.97. The average Bonchev–Trinajstić information content (AvgIpc) is 3.02. The highest BCUT2D eigenvalue weighted by molar-refractivity contribution is 7.18. The van der Waals surface area contributed by atoms with Crippen LogP contribution in [0.25, 0.3) is 10.2 Å². The zero-order valence-electron chi connectivity index (χ0n) is 12.5. The molecule has 0 atom stereocenters. The van der Waals surface area contributed by atoms with Gasteiger partial charge in [0.25, 0.3) is 0 Å². The molecule has 6 heteroatoms. The van der Waals surface area contributed by atoms with Crippen molar-refractivity contribution in [2.24, 2.45) is 0 Å². The number of nitrogens with one attached hydrogen (secondary N) is 1. The summed E-state index contributed by atoms with van der Waals surface area (Å²) in [6.07, 6.45) is 2.13. The number of aromatic nitrogens is 2. The van der Waals surface area contributed by atoms with Crippen LogP contribution in [0.15, 0.2) is 24.3 Å². The van der Waals surface area contributed by atoms with Crippen LogP contribution in [0.1, 0.15) is 28.4 Å². The summed E-state index contributed by atoms with van der Waals surface area (Å²) in [5.41, 5.74) is 2.02. The number of benzene rings is 1. The summed E-state index contributed by atoms with van der Waals surface area (Å²) in [5.74, 6) is 0.0230. The number of amides is 1. The number of carbonyl (C=O) groups is 1. The lowest BCUT2D eigenvalue weighted by molar-refractivity contribution is -0.116. The number of thiazole rings is 2. The van der Waals surface area contributed by atoms with Crippen LogP contribution in [0.4, 0.5) is 5.13 Å². The van der Waals surface area contributed by atoms with Gasteiger partial charge in [0, 0.05) is 11.3 Å². The normalized spacial score (nSPS) is 11.0. The molecular formula is C16H17N3OS2. The third kappa shape index (κ3) is 3.51. The number of hydrogen-bond acceptors (Lipinski definition) is 5. The van der Waals surface area contributed by atoms with Gasteiger partial charge in [-0.1, -0.05) is 12.1 Å². The Morgan fingerprint density at radius 2 is 2.00 bits per heavy atom. The first-order chi connectivity index (χ1) is 10.6. The van der Waals surface area contributed by atoms with Crippen LogP contribution in [0.5, 0.6) is 0 Å². The van der Waals surface area contributed by atoms with E-state index >= 15 is 0 Å². The topological polar surface area (TPSA) is 54.9 Å². The summed E-state index contributed by atoms with van der Waals surface area (Å²) in [6.45, 7) is 3.96. The Morgan fingerprint density at radius 1 is 1.18 bits per heavy atom. The van der Waals surface area contributed by atoms with Crippen LogP contribution in [0, 0.1) is 13.8 Å². The summed E-state index contributed by atoms with van der Waals surface area (Å²) in [7, 11) is 0. The molecule has 1 amide bonds. The van der Waals surface area contributed by atoms with Crippen molar-refractivity contribution in [3.63, 3.8) is 0 Å². The van der Waals surface area contributed by atoms with Crippen molar-refractivity contribution in [3.05, 3.63) is 39.8 Å². The van der Waals surface area contributed by atoms with E-state index in [1.807, 2.05) is 32.0 Å².